The summed E-state index contributed by atoms with van der Waals surface area (Å²) < 4.78 is 50.3. The predicted molar refractivity (Wildman–Crippen MR) is 173 cm³/mol. The van der Waals surface area contributed by atoms with Crippen LogP contribution in [0.4, 0.5) is 0 Å². The molecule has 244 valence electrons. The number of methoxy groups -OCH3 is 2. The van der Waals surface area contributed by atoms with Crippen LogP contribution in [0.15, 0.2) is 95.7 Å². The molecule has 2 atom stereocenters. The van der Waals surface area contributed by atoms with Crippen molar-refractivity contribution in [3.05, 3.63) is 102 Å². The Hall–Kier alpha value is -4.36. The Kier molecular flexibility index (Phi) is 11.0. The molecule has 11 nitrogen and oxygen atoms in total. The van der Waals surface area contributed by atoms with Gasteiger partial charge in [-0.15, -0.1) is 0 Å². The van der Waals surface area contributed by atoms with Crippen LogP contribution < -0.4 is 14.8 Å². The first-order valence-electron chi connectivity index (χ1n) is 15.0. The molecule has 0 bridgehead atoms. The molecule has 0 spiro atoms. The van der Waals surface area contributed by atoms with Crippen molar-refractivity contribution in [2.24, 2.45) is 0 Å². The van der Waals surface area contributed by atoms with Gasteiger partial charge in [0.1, 0.15) is 11.5 Å². The highest BCUT2D eigenvalue weighted by Gasteiger charge is 2.30. The number of aliphatic hydroxyl groups excluding tert-OH is 1. The monoisotopic (exact) mass is 649 g/mol. The molecule has 0 fully saturated rings. The molecule has 12 heteroatoms. The summed E-state index contributed by atoms with van der Waals surface area (Å²) in [4.78, 5) is 16.6. The number of carbonyl (C=O) groups excluding carboxylic acids is 1. The molecule has 46 heavy (non-hydrogen) atoms. The number of benzene rings is 3. The zero-order chi connectivity index (χ0) is 32.5. The van der Waals surface area contributed by atoms with Gasteiger partial charge in [0.05, 0.1) is 32.3 Å². The lowest BCUT2D eigenvalue weighted by Crippen LogP contribution is -2.38. The molecule has 1 amide bonds. The van der Waals surface area contributed by atoms with Gasteiger partial charge in [0, 0.05) is 49.1 Å². The van der Waals surface area contributed by atoms with Crippen molar-refractivity contribution in [1.29, 1.82) is 0 Å². The highest BCUT2D eigenvalue weighted by molar-refractivity contribution is 7.89. The third kappa shape index (κ3) is 7.88. The van der Waals surface area contributed by atoms with E-state index in [-0.39, 0.29) is 48.8 Å². The maximum Gasteiger partial charge on any atom is 0.286 e. The zero-order valence-corrected chi connectivity index (χ0v) is 26.7. The number of rotatable bonds is 15. The van der Waals surface area contributed by atoms with E-state index in [2.05, 4.69) is 10.3 Å². The first kappa shape index (κ1) is 33.0. The molecular formula is C34H39N3O8S. The number of nitrogens with one attached hydrogen (secondary N) is 2. The zero-order valence-electron chi connectivity index (χ0n) is 25.8. The number of aliphatic hydroxyl groups is 1. The predicted octanol–water partition coefficient (Wildman–Crippen LogP) is 3.96. The van der Waals surface area contributed by atoms with E-state index in [1.165, 1.54) is 19.2 Å². The van der Waals surface area contributed by atoms with Gasteiger partial charge in [-0.1, -0.05) is 30.3 Å². The average Bonchev–Trinajstić information content (AvgIpc) is 3.50. The Labute approximate surface area is 268 Å². The fourth-order valence-corrected chi connectivity index (χ4v) is 6.80. The van der Waals surface area contributed by atoms with Crippen LogP contribution in [0.25, 0.3) is 10.9 Å². The molecular weight excluding hydrogens is 610 g/mol. The number of aromatic nitrogens is 1. The number of fused-ring (bicyclic) bond motifs is 1. The molecule has 0 unspecified atom stereocenters. The van der Waals surface area contributed by atoms with Crippen molar-refractivity contribution in [2.45, 2.75) is 29.9 Å². The standard InChI is InChI=1S/C34H39N3O8S/c1-42-27-8-11-29(12-9-27)46(40,41)37(16-18-38)17-19-44-33-21-26(24-6-4-3-5-7-24)20-32(45-33)34(39)35-15-14-25-23-36-31-13-10-28(43-2)22-30(25)31/h3-13,20,22-23,26,33,36,38H,14-19,21H2,1-2H3,(H,35,39)/t26-,33+/m1/s1. The lowest BCUT2D eigenvalue weighted by atomic mass is 9.93. The van der Waals surface area contributed by atoms with Gasteiger partial charge < -0.3 is 34.4 Å². The number of nitrogens with zero attached hydrogens (tertiary/aromatic N) is 1. The summed E-state index contributed by atoms with van der Waals surface area (Å²) in [6, 6.07) is 21.6. The minimum Gasteiger partial charge on any atom is -0.497 e. The average molecular weight is 650 g/mol. The molecule has 0 saturated heterocycles. The van der Waals surface area contributed by atoms with Crippen LogP contribution in [-0.4, -0.2) is 82.1 Å². The molecule has 4 aromatic rings. The maximum atomic E-state index is 13.3. The number of allylic oxidation sites excluding steroid dienone is 1. The quantitative estimate of drug-likeness (QED) is 0.176. The lowest BCUT2D eigenvalue weighted by molar-refractivity contribution is -0.146. The lowest BCUT2D eigenvalue weighted by Gasteiger charge is -2.30. The van der Waals surface area contributed by atoms with Gasteiger partial charge in [0.2, 0.25) is 16.3 Å². The van der Waals surface area contributed by atoms with Crippen molar-refractivity contribution in [3.63, 3.8) is 0 Å². The second kappa shape index (κ2) is 15.3. The van der Waals surface area contributed by atoms with Gasteiger partial charge in [-0.2, -0.15) is 4.31 Å². The normalized spacial score (nSPS) is 16.6. The van der Waals surface area contributed by atoms with E-state index in [0.717, 1.165) is 32.1 Å². The molecule has 0 saturated carbocycles. The number of H-pyrrole nitrogens is 1. The fourth-order valence-electron chi connectivity index (χ4n) is 5.39. The van der Waals surface area contributed by atoms with Gasteiger partial charge in [0.25, 0.3) is 5.91 Å². The highest BCUT2D eigenvalue weighted by atomic mass is 32.2. The number of ether oxygens (including phenoxy) is 4. The number of hydrogen-bond donors (Lipinski definition) is 3. The Morgan fingerprint density at radius 1 is 1.02 bits per heavy atom. The van der Waals surface area contributed by atoms with Crippen LogP contribution in [0.2, 0.25) is 0 Å². The molecule has 5 rings (SSSR count). The first-order chi connectivity index (χ1) is 22.3. The van der Waals surface area contributed by atoms with E-state index in [4.69, 9.17) is 18.9 Å². The summed E-state index contributed by atoms with van der Waals surface area (Å²) >= 11 is 0. The van der Waals surface area contributed by atoms with Crippen LogP contribution in [-0.2, 0) is 30.7 Å². The largest absolute Gasteiger partial charge is 0.497 e. The number of aromatic amines is 1. The third-order valence-corrected chi connectivity index (χ3v) is 9.77. The number of amides is 1. The van der Waals surface area contributed by atoms with Gasteiger partial charge in [-0.3, -0.25) is 4.79 Å². The molecule has 2 heterocycles. The second-order valence-electron chi connectivity index (χ2n) is 10.7. The molecule has 0 radical (unpaired) electrons. The highest BCUT2D eigenvalue weighted by Crippen LogP contribution is 2.32. The smallest absolute Gasteiger partial charge is 0.286 e. The molecule has 3 N–H and O–H groups in total. The Morgan fingerprint density at radius 2 is 1.76 bits per heavy atom. The summed E-state index contributed by atoms with van der Waals surface area (Å²) in [5.74, 6) is 0.914. The van der Waals surface area contributed by atoms with Gasteiger partial charge in [-0.05, 0) is 66.1 Å². The molecule has 0 aliphatic carbocycles. The summed E-state index contributed by atoms with van der Waals surface area (Å²) in [5, 5.41) is 13.6. The van der Waals surface area contributed by atoms with Crippen LogP contribution in [0.5, 0.6) is 11.5 Å². The van der Waals surface area contributed by atoms with Crippen molar-refractivity contribution < 1.29 is 37.3 Å². The van der Waals surface area contributed by atoms with Crippen LogP contribution in [0.1, 0.15) is 23.5 Å². The van der Waals surface area contributed by atoms with E-state index < -0.39 is 16.3 Å². The van der Waals surface area contributed by atoms with E-state index in [1.54, 1.807) is 25.3 Å². The topological polar surface area (TPSA) is 139 Å². The minimum absolute atomic E-state index is 0.0134. The maximum absolute atomic E-state index is 13.3. The van der Waals surface area contributed by atoms with Gasteiger partial charge in [0.15, 0.2) is 5.76 Å². The molecule has 1 aromatic heterocycles. The van der Waals surface area contributed by atoms with E-state index >= 15 is 0 Å². The third-order valence-electron chi connectivity index (χ3n) is 7.85. The number of carbonyl (C=O) groups is 1. The van der Waals surface area contributed by atoms with Crippen molar-refractivity contribution >= 4 is 26.8 Å². The fraction of sp³-hybridized carbons (Fsp3) is 0.324. The Bertz CT molecular complexity index is 1740. The summed E-state index contributed by atoms with van der Waals surface area (Å²) in [5.41, 5.74) is 3.04. The molecule has 3 aromatic carbocycles. The van der Waals surface area contributed by atoms with E-state index in [9.17, 15) is 18.3 Å². The second-order valence-corrected chi connectivity index (χ2v) is 12.7. The van der Waals surface area contributed by atoms with Gasteiger partial charge >= 0.3 is 0 Å². The SMILES string of the molecule is COc1ccc(S(=O)(=O)N(CCO)CCO[C@@H]2C[C@H](c3ccccc3)C=C(C(=O)NCCc3c[nH]c4ccc(OC)cc34)O2)cc1. The van der Waals surface area contributed by atoms with Crippen LogP contribution >= 0.6 is 0 Å². The summed E-state index contributed by atoms with van der Waals surface area (Å²) in [6.45, 7) is -0.117. The number of sulfonamides is 1. The minimum atomic E-state index is -3.90. The number of hydrogen-bond acceptors (Lipinski definition) is 8. The van der Waals surface area contributed by atoms with Crippen LogP contribution in [0.3, 0.4) is 0 Å². The molecule has 1 aliphatic rings. The Morgan fingerprint density at radius 3 is 2.48 bits per heavy atom. The van der Waals surface area contributed by atoms with Crippen molar-refractivity contribution in [1.82, 2.24) is 14.6 Å². The van der Waals surface area contributed by atoms with E-state index in [0.29, 0.717) is 25.1 Å². The molecule has 1 aliphatic heterocycles. The van der Waals surface area contributed by atoms with E-state index in [1.807, 2.05) is 54.7 Å². The summed E-state index contributed by atoms with van der Waals surface area (Å²) in [7, 11) is -0.776. The van der Waals surface area contributed by atoms with Gasteiger partial charge in [-0.25, -0.2) is 8.42 Å². The first-order valence-corrected chi connectivity index (χ1v) is 16.5. The summed E-state index contributed by atoms with van der Waals surface area (Å²) in [6.07, 6.45) is 3.96. The van der Waals surface area contributed by atoms with Crippen LogP contribution in [0, 0.1) is 0 Å². The van der Waals surface area contributed by atoms with Crippen molar-refractivity contribution in [2.75, 3.05) is 47.1 Å². The van der Waals surface area contributed by atoms with Crippen molar-refractivity contribution in [3.8, 4) is 11.5 Å². The Balaban J connectivity index is 1.23.